The maximum absolute atomic E-state index is 12.6. The monoisotopic (exact) mass is 374 g/mol. The summed E-state index contributed by atoms with van der Waals surface area (Å²) in [5.41, 5.74) is 1.56. The van der Waals surface area contributed by atoms with Gasteiger partial charge in [0.2, 0.25) is 11.8 Å². The third-order valence-corrected chi connectivity index (χ3v) is 5.36. The highest BCUT2D eigenvalue weighted by atomic mass is 16.5. The van der Waals surface area contributed by atoms with Crippen molar-refractivity contribution in [3.8, 4) is 0 Å². The number of amides is 2. The summed E-state index contributed by atoms with van der Waals surface area (Å²) in [6, 6.07) is 5.91. The van der Waals surface area contributed by atoms with Crippen molar-refractivity contribution in [3.05, 3.63) is 29.6 Å². The first-order valence-electron chi connectivity index (χ1n) is 9.83. The van der Waals surface area contributed by atoms with Gasteiger partial charge in [0.25, 0.3) is 0 Å². The maximum Gasteiger partial charge on any atom is 0.234 e. The molecule has 0 bridgehead atoms. The van der Waals surface area contributed by atoms with Crippen molar-refractivity contribution < 1.29 is 14.3 Å². The molecule has 0 saturated carbocycles. The average Bonchev–Trinajstić information content (AvgIpc) is 2.77. The number of piperidine rings is 1. The van der Waals surface area contributed by atoms with Gasteiger partial charge in [-0.1, -0.05) is 6.07 Å². The van der Waals surface area contributed by atoms with Gasteiger partial charge in [-0.3, -0.25) is 19.5 Å². The lowest BCUT2D eigenvalue weighted by Gasteiger charge is -2.42. The summed E-state index contributed by atoms with van der Waals surface area (Å²) in [4.78, 5) is 33.0. The zero-order chi connectivity index (χ0) is 19.3. The third kappa shape index (κ3) is 5.26. The van der Waals surface area contributed by atoms with E-state index in [0.29, 0.717) is 39.2 Å². The minimum Gasteiger partial charge on any atom is -0.373 e. The van der Waals surface area contributed by atoms with Gasteiger partial charge >= 0.3 is 0 Å². The standard InChI is InChI=1S/C20H30N4O3/c1-3-21-18(25)14-23-10-8-20(9-11-23)15-24(19(26)7-12-27-20)13-17-6-4-5-16(2)22-17/h4-6H,3,7-15H2,1-2H3,(H,21,25). The number of nitrogens with one attached hydrogen (secondary N) is 1. The van der Waals surface area contributed by atoms with E-state index in [4.69, 9.17) is 4.74 Å². The molecule has 3 heterocycles. The molecule has 2 saturated heterocycles. The number of nitrogens with zero attached hydrogens (tertiary/aromatic N) is 3. The van der Waals surface area contributed by atoms with Crippen molar-refractivity contribution >= 4 is 11.8 Å². The highest BCUT2D eigenvalue weighted by Crippen LogP contribution is 2.30. The zero-order valence-corrected chi connectivity index (χ0v) is 16.4. The van der Waals surface area contributed by atoms with Crippen LogP contribution in [0.1, 0.15) is 37.6 Å². The first kappa shape index (κ1) is 19.8. The Labute approximate surface area is 161 Å². The van der Waals surface area contributed by atoms with E-state index in [1.807, 2.05) is 36.9 Å². The molecule has 1 spiro atoms. The number of aryl methyl sites for hydroxylation is 1. The third-order valence-electron chi connectivity index (χ3n) is 5.36. The summed E-state index contributed by atoms with van der Waals surface area (Å²) >= 11 is 0. The molecule has 0 atom stereocenters. The molecule has 1 N–H and O–H groups in total. The maximum atomic E-state index is 12.6. The van der Waals surface area contributed by atoms with Gasteiger partial charge in [-0.2, -0.15) is 0 Å². The van der Waals surface area contributed by atoms with Crippen LogP contribution in [-0.4, -0.2) is 71.5 Å². The highest BCUT2D eigenvalue weighted by molar-refractivity contribution is 5.78. The van der Waals surface area contributed by atoms with Crippen molar-refractivity contribution in [1.82, 2.24) is 20.1 Å². The van der Waals surface area contributed by atoms with Gasteiger partial charge < -0.3 is 15.0 Å². The predicted octanol–water partition coefficient (Wildman–Crippen LogP) is 1.11. The van der Waals surface area contributed by atoms with Crippen LogP contribution in [0.4, 0.5) is 0 Å². The summed E-state index contributed by atoms with van der Waals surface area (Å²) in [6.45, 7) is 8.17. The molecule has 7 nitrogen and oxygen atoms in total. The van der Waals surface area contributed by atoms with Gasteiger partial charge in [-0.15, -0.1) is 0 Å². The first-order chi connectivity index (χ1) is 13.0. The molecule has 2 amide bonds. The average molecular weight is 374 g/mol. The Hall–Kier alpha value is -1.99. The van der Waals surface area contributed by atoms with Gasteiger partial charge in [0.1, 0.15) is 0 Å². The molecule has 1 aromatic rings. The van der Waals surface area contributed by atoms with Crippen molar-refractivity contribution in [2.75, 3.05) is 39.3 Å². The lowest BCUT2D eigenvalue weighted by atomic mass is 9.90. The molecular formula is C20H30N4O3. The fraction of sp³-hybridized carbons (Fsp3) is 0.650. The molecule has 2 aliphatic heterocycles. The smallest absolute Gasteiger partial charge is 0.234 e. The first-order valence-corrected chi connectivity index (χ1v) is 9.83. The molecule has 2 fully saturated rings. The molecular weight excluding hydrogens is 344 g/mol. The van der Waals surface area contributed by atoms with Crippen LogP contribution in [0.5, 0.6) is 0 Å². The van der Waals surface area contributed by atoms with E-state index in [9.17, 15) is 9.59 Å². The molecule has 0 aliphatic carbocycles. The zero-order valence-electron chi connectivity index (χ0n) is 16.4. The molecule has 148 valence electrons. The van der Waals surface area contributed by atoms with Gasteiger partial charge in [0.15, 0.2) is 0 Å². The van der Waals surface area contributed by atoms with Crippen LogP contribution in [-0.2, 0) is 20.9 Å². The normalized spacial score (nSPS) is 20.5. The summed E-state index contributed by atoms with van der Waals surface area (Å²) in [5.74, 6) is 0.192. The summed E-state index contributed by atoms with van der Waals surface area (Å²) < 4.78 is 6.18. The van der Waals surface area contributed by atoms with E-state index in [1.165, 1.54) is 0 Å². The van der Waals surface area contributed by atoms with Gasteiger partial charge in [0, 0.05) is 25.3 Å². The van der Waals surface area contributed by atoms with Crippen molar-refractivity contribution in [3.63, 3.8) is 0 Å². The number of ether oxygens (including phenoxy) is 1. The molecule has 7 heteroatoms. The fourth-order valence-corrected chi connectivity index (χ4v) is 3.90. The number of rotatable bonds is 5. The Balaban J connectivity index is 1.62. The van der Waals surface area contributed by atoms with E-state index in [2.05, 4.69) is 15.2 Å². The lowest BCUT2D eigenvalue weighted by Crippen LogP contribution is -2.53. The minimum absolute atomic E-state index is 0.0672. The number of carbonyl (C=O) groups excluding carboxylic acids is 2. The van der Waals surface area contributed by atoms with E-state index in [1.54, 1.807) is 0 Å². The molecule has 0 unspecified atom stereocenters. The molecule has 27 heavy (non-hydrogen) atoms. The SMILES string of the molecule is CCNC(=O)CN1CCC2(CC1)CN(Cc1cccc(C)n1)C(=O)CCO2. The summed E-state index contributed by atoms with van der Waals surface area (Å²) in [6.07, 6.45) is 2.07. The van der Waals surface area contributed by atoms with Crippen LogP contribution in [0.25, 0.3) is 0 Å². The molecule has 1 aromatic heterocycles. The molecule has 0 radical (unpaired) electrons. The Kier molecular flexibility index (Phi) is 6.44. The summed E-state index contributed by atoms with van der Waals surface area (Å²) in [7, 11) is 0. The van der Waals surface area contributed by atoms with E-state index in [-0.39, 0.29) is 17.4 Å². The Morgan fingerprint density at radius 2 is 2.11 bits per heavy atom. The second-order valence-electron chi connectivity index (χ2n) is 7.53. The largest absolute Gasteiger partial charge is 0.373 e. The van der Waals surface area contributed by atoms with Crippen molar-refractivity contribution in [2.45, 2.75) is 45.3 Å². The lowest BCUT2D eigenvalue weighted by molar-refractivity contribution is -0.132. The Morgan fingerprint density at radius 1 is 1.33 bits per heavy atom. The highest BCUT2D eigenvalue weighted by Gasteiger charge is 2.40. The topological polar surface area (TPSA) is 74.8 Å². The van der Waals surface area contributed by atoms with Gasteiger partial charge in [-0.05, 0) is 38.8 Å². The number of likely N-dealkylation sites (N-methyl/N-ethyl adjacent to an activating group) is 1. The second kappa shape index (κ2) is 8.80. The summed E-state index contributed by atoms with van der Waals surface area (Å²) in [5, 5.41) is 2.85. The Bertz CT molecular complexity index is 671. The molecule has 0 aromatic carbocycles. The number of likely N-dealkylation sites (tertiary alicyclic amines) is 1. The van der Waals surface area contributed by atoms with Crippen LogP contribution < -0.4 is 5.32 Å². The molecule has 2 aliphatic rings. The number of hydrogen-bond acceptors (Lipinski definition) is 5. The van der Waals surface area contributed by atoms with Crippen LogP contribution in [0.3, 0.4) is 0 Å². The van der Waals surface area contributed by atoms with Gasteiger partial charge in [0.05, 0.1) is 44.0 Å². The van der Waals surface area contributed by atoms with Crippen molar-refractivity contribution in [1.29, 1.82) is 0 Å². The predicted molar refractivity (Wildman–Crippen MR) is 102 cm³/mol. The van der Waals surface area contributed by atoms with Gasteiger partial charge in [-0.25, -0.2) is 0 Å². The number of aromatic nitrogens is 1. The fourth-order valence-electron chi connectivity index (χ4n) is 3.90. The van der Waals surface area contributed by atoms with E-state index >= 15 is 0 Å². The van der Waals surface area contributed by atoms with Crippen LogP contribution >= 0.6 is 0 Å². The number of hydrogen-bond donors (Lipinski definition) is 1. The van der Waals surface area contributed by atoms with Crippen molar-refractivity contribution in [2.24, 2.45) is 0 Å². The number of carbonyl (C=O) groups is 2. The minimum atomic E-state index is -0.312. The van der Waals surface area contributed by atoms with Crippen LogP contribution in [0, 0.1) is 6.92 Å². The Morgan fingerprint density at radius 3 is 2.81 bits per heavy atom. The van der Waals surface area contributed by atoms with Crippen LogP contribution in [0.15, 0.2) is 18.2 Å². The molecule has 3 rings (SSSR count). The second-order valence-corrected chi connectivity index (χ2v) is 7.53. The quantitative estimate of drug-likeness (QED) is 0.836. The van der Waals surface area contributed by atoms with Crippen LogP contribution in [0.2, 0.25) is 0 Å². The number of pyridine rings is 1. The van der Waals surface area contributed by atoms with E-state index < -0.39 is 0 Å². The van der Waals surface area contributed by atoms with E-state index in [0.717, 1.165) is 37.3 Å².